The molecule has 1 unspecified atom stereocenters. The topological polar surface area (TPSA) is 83.9 Å². The van der Waals surface area contributed by atoms with E-state index < -0.39 is 22.0 Å². The average molecular weight is 287 g/mol. The van der Waals surface area contributed by atoms with Gasteiger partial charge in [0, 0.05) is 0 Å². The number of aliphatic carboxylic acids is 1. The lowest BCUT2D eigenvalue weighted by molar-refractivity contribution is -0.137. The van der Waals surface area contributed by atoms with Crippen molar-refractivity contribution in [1.29, 1.82) is 0 Å². The van der Waals surface area contributed by atoms with Crippen LogP contribution >= 0.6 is 0 Å². The van der Waals surface area contributed by atoms with Gasteiger partial charge in [0.05, 0.1) is 18.6 Å². The lowest BCUT2D eigenvalue weighted by Gasteiger charge is -2.26. The number of carboxylic acids is 1. The maximum absolute atomic E-state index is 11.7. The molecule has 0 saturated heterocycles. The third-order valence-electron chi connectivity index (χ3n) is 2.47. The molecule has 0 radical (unpaired) electrons. The van der Waals surface area contributed by atoms with E-state index in [4.69, 9.17) is 9.84 Å². The highest BCUT2D eigenvalue weighted by molar-refractivity contribution is 7.92. The van der Waals surface area contributed by atoms with Gasteiger partial charge in [-0.2, -0.15) is 0 Å². The number of carboxylic acid groups (broad SMARTS) is 1. The molecule has 1 aromatic carbocycles. The highest BCUT2D eigenvalue weighted by Crippen LogP contribution is 2.23. The number of hydrogen-bond donors (Lipinski definition) is 1. The van der Waals surface area contributed by atoms with Crippen molar-refractivity contribution in [3.63, 3.8) is 0 Å². The number of anilines is 1. The molecule has 0 heterocycles. The normalized spacial score (nSPS) is 12.8. The van der Waals surface area contributed by atoms with Crippen LogP contribution in [0.2, 0.25) is 0 Å². The van der Waals surface area contributed by atoms with Crippen LogP contribution in [0, 0.1) is 0 Å². The minimum absolute atomic E-state index is 0.292. The van der Waals surface area contributed by atoms with E-state index in [1.54, 1.807) is 12.1 Å². The number of sulfonamides is 1. The van der Waals surface area contributed by atoms with Crippen LogP contribution in [0.1, 0.15) is 13.8 Å². The number of hydrogen-bond acceptors (Lipinski definition) is 4. The quantitative estimate of drug-likeness (QED) is 0.853. The van der Waals surface area contributed by atoms with Crippen molar-refractivity contribution in [3.8, 4) is 5.75 Å². The Morgan fingerprint density at radius 2 is 1.89 bits per heavy atom. The van der Waals surface area contributed by atoms with Crippen LogP contribution < -0.4 is 9.04 Å². The Balaban J connectivity index is 3.15. The van der Waals surface area contributed by atoms with Gasteiger partial charge in [-0.1, -0.05) is 0 Å². The predicted octanol–water partition coefficient (Wildman–Crippen LogP) is 1.32. The Hall–Kier alpha value is -1.76. The van der Waals surface area contributed by atoms with Crippen molar-refractivity contribution >= 4 is 21.7 Å². The molecular weight excluding hydrogens is 270 g/mol. The molecule has 0 aliphatic carbocycles. The fraction of sp³-hybridized carbons (Fsp3) is 0.417. The number of rotatable bonds is 6. The molecule has 106 valence electrons. The summed E-state index contributed by atoms with van der Waals surface area (Å²) < 4.78 is 29.6. The van der Waals surface area contributed by atoms with Gasteiger partial charge in [-0.25, -0.2) is 13.2 Å². The Bertz CT molecular complexity index is 538. The molecule has 0 aromatic heterocycles. The lowest BCUT2D eigenvalue weighted by atomic mass is 10.2. The molecule has 1 atom stereocenters. The van der Waals surface area contributed by atoms with Crippen molar-refractivity contribution in [2.45, 2.75) is 19.9 Å². The van der Waals surface area contributed by atoms with Gasteiger partial charge in [0.1, 0.15) is 11.8 Å². The van der Waals surface area contributed by atoms with Crippen LogP contribution in [0.25, 0.3) is 0 Å². The highest BCUT2D eigenvalue weighted by atomic mass is 32.2. The predicted molar refractivity (Wildman–Crippen MR) is 72.0 cm³/mol. The third kappa shape index (κ3) is 3.85. The molecule has 0 amide bonds. The minimum Gasteiger partial charge on any atom is -0.494 e. The summed E-state index contributed by atoms with van der Waals surface area (Å²) in [7, 11) is -3.68. The molecule has 0 spiro atoms. The standard InChI is InChI=1S/C12H17NO5S/c1-4-18-11-7-5-10(6-8-11)13(19(3,16)17)9(2)12(14)15/h5-9H,4H2,1-3H3,(H,14,15). The van der Waals surface area contributed by atoms with E-state index in [1.807, 2.05) is 6.92 Å². The largest absolute Gasteiger partial charge is 0.494 e. The van der Waals surface area contributed by atoms with Gasteiger partial charge in [0.25, 0.3) is 0 Å². The molecule has 7 heteroatoms. The van der Waals surface area contributed by atoms with E-state index >= 15 is 0 Å². The molecule has 0 saturated carbocycles. The smallest absolute Gasteiger partial charge is 0.327 e. The van der Waals surface area contributed by atoms with E-state index in [2.05, 4.69) is 0 Å². The Morgan fingerprint density at radius 3 is 2.26 bits per heavy atom. The number of carbonyl (C=O) groups is 1. The van der Waals surface area contributed by atoms with E-state index in [0.29, 0.717) is 18.0 Å². The van der Waals surface area contributed by atoms with Gasteiger partial charge in [-0.05, 0) is 38.1 Å². The number of ether oxygens (including phenoxy) is 1. The first-order valence-electron chi connectivity index (χ1n) is 5.72. The summed E-state index contributed by atoms with van der Waals surface area (Å²) >= 11 is 0. The van der Waals surface area contributed by atoms with Crippen LogP contribution in [0.4, 0.5) is 5.69 Å². The van der Waals surface area contributed by atoms with Gasteiger partial charge in [0.2, 0.25) is 10.0 Å². The SMILES string of the molecule is CCOc1ccc(N(C(C)C(=O)O)S(C)(=O)=O)cc1. The molecule has 0 aliphatic heterocycles. The van der Waals surface area contributed by atoms with Gasteiger partial charge in [-0.3, -0.25) is 4.31 Å². The summed E-state index contributed by atoms with van der Waals surface area (Å²) in [6.45, 7) is 3.66. The maximum atomic E-state index is 11.7. The molecule has 1 rings (SSSR count). The fourth-order valence-electron chi connectivity index (χ4n) is 1.66. The summed E-state index contributed by atoms with van der Waals surface area (Å²) in [5, 5.41) is 8.99. The summed E-state index contributed by atoms with van der Waals surface area (Å²) in [4.78, 5) is 11.0. The zero-order valence-electron chi connectivity index (χ0n) is 11.0. The molecule has 0 bridgehead atoms. The van der Waals surface area contributed by atoms with Crippen LogP contribution in [0.15, 0.2) is 24.3 Å². The molecule has 1 N–H and O–H groups in total. The fourth-order valence-corrected chi connectivity index (χ4v) is 2.83. The second-order valence-corrected chi connectivity index (χ2v) is 5.86. The Kier molecular flexibility index (Phi) is 4.77. The summed E-state index contributed by atoms with van der Waals surface area (Å²) in [5.41, 5.74) is 0.292. The van der Waals surface area contributed by atoms with Crippen molar-refractivity contribution in [1.82, 2.24) is 0 Å². The first kappa shape index (κ1) is 15.3. The van der Waals surface area contributed by atoms with Gasteiger partial charge in [-0.15, -0.1) is 0 Å². The molecule has 1 aromatic rings. The summed E-state index contributed by atoms with van der Waals surface area (Å²) in [6.07, 6.45) is 0.975. The molecule has 0 aliphatic rings. The van der Waals surface area contributed by atoms with Crippen LogP contribution in [-0.2, 0) is 14.8 Å². The van der Waals surface area contributed by atoms with E-state index in [-0.39, 0.29) is 0 Å². The van der Waals surface area contributed by atoms with Crippen LogP contribution in [0.3, 0.4) is 0 Å². The molecule has 0 fully saturated rings. The average Bonchev–Trinajstić information content (AvgIpc) is 2.30. The van der Waals surface area contributed by atoms with E-state index in [9.17, 15) is 13.2 Å². The minimum atomic E-state index is -3.68. The maximum Gasteiger partial charge on any atom is 0.327 e. The second-order valence-electron chi connectivity index (χ2n) is 4.00. The molecular formula is C12H17NO5S. The zero-order chi connectivity index (χ0) is 14.6. The van der Waals surface area contributed by atoms with Crippen molar-refractivity contribution in [3.05, 3.63) is 24.3 Å². The number of benzene rings is 1. The van der Waals surface area contributed by atoms with Crippen molar-refractivity contribution in [2.24, 2.45) is 0 Å². The molecule has 6 nitrogen and oxygen atoms in total. The van der Waals surface area contributed by atoms with E-state index in [1.165, 1.54) is 19.1 Å². The molecule has 19 heavy (non-hydrogen) atoms. The first-order chi connectivity index (χ1) is 8.77. The number of nitrogens with zero attached hydrogens (tertiary/aromatic N) is 1. The first-order valence-corrected chi connectivity index (χ1v) is 7.57. The summed E-state index contributed by atoms with van der Waals surface area (Å²) in [6, 6.07) is 5.07. The van der Waals surface area contributed by atoms with Gasteiger partial charge in [0.15, 0.2) is 0 Å². The van der Waals surface area contributed by atoms with Crippen molar-refractivity contribution in [2.75, 3.05) is 17.2 Å². The van der Waals surface area contributed by atoms with Crippen molar-refractivity contribution < 1.29 is 23.1 Å². The van der Waals surface area contributed by atoms with Gasteiger partial charge >= 0.3 is 5.97 Å². The van der Waals surface area contributed by atoms with Gasteiger partial charge < -0.3 is 9.84 Å². The monoisotopic (exact) mass is 287 g/mol. The zero-order valence-corrected chi connectivity index (χ0v) is 11.8. The van der Waals surface area contributed by atoms with Crippen LogP contribution in [-0.4, -0.2) is 38.4 Å². The Labute approximate surface area is 112 Å². The van der Waals surface area contributed by atoms with Crippen LogP contribution in [0.5, 0.6) is 5.75 Å². The van der Waals surface area contributed by atoms with E-state index in [0.717, 1.165) is 10.6 Å². The summed E-state index contributed by atoms with van der Waals surface area (Å²) in [5.74, 6) is -0.609. The third-order valence-corrected chi connectivity index (χ3v) is 3.71. The lowest BCUT2D eigenvalue weighted by Crippen LogP contribution is -2.42. The second kappa shape index (κ2) is 5.92. The Morgan fingerprint density at radius 1 is 1.37 bits per heavy atom. The highest BCUT2D eigenvalue weighted by Gasteiger charge is 2.28.